The number of anilines is 1. The van der Waals surface area contributed by atoms with Gasteiger partial charge in [0.1, 0.15) is 11.6 Å². The first-order chi connectivity index (χ1) is 9.43. The molecule has 0 aliphatic carbocycles. The number of hydrogen-bond acceptors (Lipinski definition) is 2. The van der Waals surface area contributed by atoms with E-state index in [1.807, 2.05) is 0 Å². The maximum atomic E-state index is 13.3. The molecule has 2 aromatic carbocycles. The molecule has 0 aliphatic heterocycles. The summed E-state index contributed by atoms with van der Waals surface area (Å²) in [7, 11) is 0. The van der Waals surface area contributed by atoms with Gasteiger partial charge in [0.25, 0.3) is 0 Å². The Morgan fingerprint density at radius 3 is 2.35 bits per heavy atom. The van der Waals surface area contributed by atoms with Crippen LogP contribution in [0.4, 0.5) is 14.5 Å². The summed E-state index contributed by atoms with van der Waals surface area (Å²) in [5, 5.41) is 13.2. The van der Waals surface area contributed by atoms with Gasteiger partial charge in [-0.05, 0) is 42.8 Å². The minimum absolute atomic E-state index is 0.317. The molecule has 0 aliphatic rings. The Bertz CT molecular complexity index is 600. The second-order valence-corrected chi connectivity index (χ2v) is 5.22. The van der Waals surface area contributed by atoms with Gasteiger partial charge < -0.3 is 10.4 Å². The maximum Gasteiger partial charge on any atom is 0.126 e. The molecule has 20 heavy (non-hydrogen) atoms. The molecule has 2 nitrogen and oxygen atoms in total. The van der Waals surface area contributed by atoms with Crippen LogP contribution in [0.25, 0.3) is 0 Å². The molecule has 1 unspecified atom stereocenters. The minimum Gasteiger partial charge on any atom is -0.394 e. The summed E-state index contributed by atoms with van der Waals surface area (Å²) < 4.78 is 26.7. The minimum atomic E-state index is -1.02. The molecular formula is C15H14ClF2NO. The van der Waals surface area contributed by atoms with E-state index in [2.05, 4.69) is 5.32 Å². The number of aliphatic hydroxyl groups is 1. The van der Waals surface area contributed by atoms with Crippen molar-refractivity contribution in [2.75, 3.05) is 11.9 Å². The Morgan fingerprint density at radius 1 is 1.15 bits per heavy atom. The molecule has 2 rings (SSSR count). The highest BCUT2D eigenvalue weighted by Gasteiger charge is 2.27. The molecule has 2 N–H and O–H groups in total. The first-order valence-corrected chi connectivity index (χ1v) is 6.42. The summed E-state index contributed by atoms with van der Waals surface area (Å²) >= 11 is 5.89. The van der Waals surface area contributed by atoms with Crippen molar-refractivity contribution < 1.29 is 13.9 Å². The second-order valence-electron chi connectivity index (χ2n) is 4.78. The van der Waals surface area contributed by atoms with Crippen molar-refractivity contribution in [2.45, 2.75) is 12.5 Å². The molecule has 0 radical (unpaired) electrons. The Kier molecular flexibility index (Phi) is 4.26. The van der Waals surface area contributed by atoms with Gasteiger partial charge in [0, 0.05) is 16.8 Å². The lowest BCUT2D eigenvalue weighted by Crippen LogP contribution is -2.36. The molecule has 0 spiro atoms. The van der Waals surface area contributed by atoms with Crippen LogP contribution in [0.5, 0.6) is 0 Å². The predicted octanol–water partition coefficient (Wildman–Crippen LogP) is 3.94. The van der Waals surface area contributed by atoms with Crippen molar-refractivity contribution in [1.82, 2.24) is 0 Å². The smallest absolute Gasteiger partial charge is 0.126 e. The number of benzene rings is 2. The number of nitrogens with one attached hydrogen (secondary N) is 1. The van der Waals surface area contributed by atoms with E-state index >= 15 is 0 Å². The number of rotatable bonds is 4. The zero-order valence-electron chi connectivity index (χ0n) is 10.8. The third kappa shape index (κ3) is 3.26. The molecule has 0 fully saturated rings. The molecule has 5 heteroatoms. The average Bonchev–Trinajstić information content (AvgIpc) is 2.37. The lowest BCUT2D eigenvalue weighted by Gasteiger charge is -2.30. The predicted molar refractivity (Wildman–Crippen MR) is 75.9 cm³/mol. The van der Waals surface area contributed by atoms with Crippen LogP contribution in [0.3, 0.4) is 0 Å². The Balaban J connectivity index is 2.37. The van der Waals surface area contributed by atoms with Gasteiger partial charge in [-0.3, -0.25) is 0 Å². The van der Waals surface area contributed by atoms with E-state index in [4.69, 9.17) is 11.6 Å². The van der Waals surface area contributed by atoms with Crippen LogP contribution >= 0.6 is 11.6 Å². The topological polar surface area (TPSA) is 32.3 Å². The summed E-state index contributed by atoms with van der Waals surface area (Å²) in [6.07, 6.45) is 0. The molecule has 0 heterocycles. The van der Waals surface area contributed by atoms with Gasteiger partial charge in [-0.1, -0.05) is 17.7 Å². The van der Waals surface area contributed by atoms with Crippen LogP contribution in [0.2, 0.25) is 5.02 Å². The van der Waals surface area contributed by atoms with Crippen LogP contribution < -0.4 is 5.32 Å². The van der Waals surface area contributed by atoms with Crippen molar-refractivity contribution in [3.8, 4) is 0 Å². The molecule has 106 valence electrons. The van der Waals surface area contributed by atoms with E-state index in [1.165, 1.54) is 12.1 Å². The Hall–Kier alpha value is -1.65. The standard InChI is InChI=1S/C15H14ClF2NO/c1-15(9-20,10-5-12(17)8-13(18)6-10)19-14-4-2-3-11(16)7-14/h2-8,19-20H,9H2,1H3. The van der Waals surface area contributed by atoms with E-state index < -0.39 is 17.2 Å². The fourth-order valence-electron chi connectivity index (χ4n) is 1.96. The highest BCUT2D eigenvalue weighted by Crippen LogP contribution is 2.28. The van der Waals surface area contributed by atoms with Crippen molar-refractivity contribution in [2.24, 2.45) is 0 Å². The largest absolute Gasteiger partial charge is 0.394 e. The van der Waals surface area contributed by atoms with Gasteiger partial charge in [0.15, 0.2) is 0 Å². The lowest BCUT2D eigenvalue weighted by atomic mass is 9.92. The van der Waals surface area contributed by atoms with Crippen molar-refractivity contribution >= 4 is 17.3 Å². The first-order valence-electron chi connectivity index (χ1n) is 6.04. The fraction of sp³-hybridized carbons (Fsp3) is 0.200. The van der Waals surface area contributed by atoms with Crippen LogP contribution in [0.1, 0.15) is 12.5 Å². The molecule has 0 saturated heterocycles. The normalized spacial score (nSPS) is 13.8. The summed E-state index contributed by atoms with van der Waals surface area (Å²) in [4.78, 5) is 0. The number of aliphatic hydroxyl groups excluding tert-OH is 1. The van der Waals surface area contributed by atoms with Gasteiger partial charge in [-0.15, -0.1) is 0 Å². The van der Waals surface area contributed by atoms with Gasteiger partial charge in [-0.25, -0.2) is 8.78 Å². The van der Waals surface area contributed by atoms with Gasteiger partial charge in [-0.2, -0.15) is 0 Å². The van der Waals surface area contributed by atoms with Crippen molar-refractivity contribution in [1.29, 1.82) is 0 Å². The second kappa shape index (κ2) is 5.77. The summed E-state index contributed by atoms with van der Waals surface area (Å²) in [6.45, 7) is 1.32. The van der Waals surface area contributed by atoms with E-state index in [1.54, 1.807) is 31.2 Å². The van der Waals surface area contributed by atoms with Crippen LogP contribution in [-0.2, 0) is 5.54 Å². The number of halogens is 3. The van der Waals surface area contributed by atoms with Gasteiger partial charge in [0.05, 0.1) is 12.1 Å². The van der Waals surface area contributed by atoms with E-state index in [0.29, 0.717) is 16.3 Å². The zero-order valence-corrected chi connectivity index (χ0v) is 11.6. The van der Waals surface area contributed by atoms with E-state index in [9.17, 15) is 13.9 Å². The maximum absolute atomic E-state index is 13.3. The highest BCUT2D eigenvalue weighted by atomic mass is 35.5. The fourth-order valence-corrected chi connectivity index (χ4v) is 2.15. The molecular weight excluding hydrogens is 284 g/mol. The molecule has 0 saturated carbocycles. The van der Waals surface area contributed by atoms with E-state index in [0.717, 1.165) is 6.07 Å². The zero-order chi connectivity index (χ0) is 14.8. The van der Waals surface area contributed by atoms with E-state index in [-0.39, 0.29) is 6.61 Å². The average molecular weight is 298 g/mol. The Morgan fingerprint density at radius 2 is 1.80 bits per heavy atom. The van der Waals surface area contributed by atoms with Crippen LogP contribution in [-0.4, -0.2) is 11.7 Å². The third-order valence-electron chi connectivity index (χ3n) is 3.06. The van der Waals surface area contributed by atoms with Gasteiger partial charge >= 0.3 is 0 Å². The molecule has 1 atom stereocenters. The van der Waals surface area contributed by atoms with Crippen molar-refractivity contribution in [3.05, 3.63) is 64.7 Å². The summed E-state index contributed by atoms with van der Waals surface area (Å²) in [5.41, 5.74) is -0.0515. The molecule has 0 bridgehead atoms. The summed E-state index contributed by atoms with van der Waals surface area (Å²) in [6, 6.07) is 10.1. The quantitative estimate of drug-likeness (QED) is 0.896. The van der Waals surface area contributed by atoms with Crippen LogP contribution in [0, 0.1) is 11.6 Å². The monoisotopic (exact) mass is 297 g/mol. The Labute approximate surface area is 121 Å². The molecule has 0 aromatic heterocycles. The first kappa shape index (κ1) is 14.8. The lowest BCUT2D eigenvalue weighted by molar-refractivity contribution is 0.223. The van der Waals surface area contributed by atoms with Crippen LogP contribution in [0.15, 0.2) is 42.5 Å². The molecule has 2 aromatic rings. The van der Waals surface area contributed by atoms with Crippen molar-refractivity contribution in [3.63, 3.8) is 0 Å². The third-order valence-corrected chi connectivity index (χ3v) is 3.30. The SMILES string of the molecule is CC(CO)(Nc1cccc(Cl)c1)c1cc(F)cc(F)c1. The molecule has 0 amide bonds. The van der Waals surface area contributed by atoms with Gasteiger partial charge in [0.2, 0.25) is 0 Å². The summed E-state index contributed by atoms with van der Waals surface area (Å²) in [5.74, 6) is -1.37. The highest BCUT2D eigenvalue weighted by molar-refractivity contribution is 6.30. The number of hydrogen-bond donors (Lipinski definition) is 2.